The number of nitrogens with zero attached hydrogens (tertiary/aromatic N) is 1. The average Bonchev–Trinajstić information content (AvgIpc) is 2.79. The summed E-state index contributed by atoms with van der Waals surface area (Å²) in [5.74, 6) is -0.491. The van der Waals surface area contributed by atoms with Crippen LogP contribution in [0.5, 0.6) is 5.75 Å². The highest BCUT2D eigenvalue weighted by molar-refractivity contribution is 5.91. The molecule has 0 radical (unpaired) electrons. The number of phenols is 1. The first kappa shape index (κ1) is 27.0. The Balaban J connectivity index is 1.73. The molecule has 8 nitrogen and oxygen atoms in total. The molecule has 0 saturated carbocycles. The molecule has 2 aromatic carbocycles. The van der Waals surface area contributed by atoms with Crippen LogP contribution in [-0.2, 0) is 33.7 Å². The Labute approximate surface area is 213 Å². The maximum absolute atomic E-state index is 13.3. The molecule has 2 aromatic rings. The molecular weight excluding hydrogens is 458 g/mol. The lowest BCUT2D eigenvalue weighted by molar-refractivity contribution is -0.137. The number of aryl methyl sites for hydroxylation is 2. The Morgan fingerprint density at radius 3 is 2.39 bits per heavy atom. The van der Waals surface area contributed by atoms with Crippen molar-refractivity contribution in [3.05, 3.63) is 64.2 Å². The molecule has 36 heavy (non-hydrogen) atoms. The average molecular weight is 496 g/mol. The zero-order valence-corrected chi connectivity index (χ0v) is 22.0. The van der Waals surface area contributed by atoms with E-state index in [0.29, 0.717) is 18.7 Å². The molecule has 0 fully saturated rings. The van der Waals surface area contributed by atoms with Crippen molar-refractivity contribution in [3.63, 3.8) is 0 Å². The third kappa shape index (κ3) is 6.99. The second kappa shape index (κ2) is 11.0. The van der Waals surface area contributed by atoms with E-state index < -0.39 is 29.7 Å². The fourth-order valence-corrected chi connectivity index (χ4v) is 4.29. The van der Waals surface area contributed by atoms with Gasteiger partial charge in [0.25, 0.3) is 0 Å². The largest absolute Gasteiger partial charge is 0.508 e. The van der Waals surface area contributed by atoms with E-state index in [9.17, 15) is 19.5 Å². The van der Waals surface area contributed by atoms with Gasteiger partial charge in [-0.3, -0.25) is 9.59 Å². The Morgan fingerprint density at radius 2 is 1.72 bits per heavy atom. The molecule has 1 heterocycles. The first-order valence-corrected chi connectivity index (χ1v) is 12.3. The van der Waals surface area contributed by atoms with E-state index in [4.69, 9.17) is 4.74 Å². The van der Waals surface area contributed by atoms with Gasteiger partial charge in [0.1, 0.15) is 23.4 Å². The van der Waals surface area contributed by atoms with Gasteiger partial charge < -0.3 is 25.4 Å². The maximum atomic E-state index is 13.3. The number of hydrogen-bond acceptors (Lipinski definition) is 5. The van der Waals surface area contributed by atoms with E-state index in [1.54, 1.807) is 51.7 Å². The second-order valence-corrected chi connectivity index (χ2v) is 10.5. The van der Waals surface area contributed by atoms with Crippen molar-refractivity contribution in [3.8, 4) is 5.75 Å². The van der Waals surface area contributed by atoms with Gasteiger partial charge in [-0.15, -0.1) is 0 Å². The van der Waals surface area contributed by atoms with Gasteiger partial charge >= 0.3 is 6.09 Å². The number of ether oxygens (including phenoxy) is 1. The van der Waals surface area contributed by atoms with Crippen molar-refractivity contribution < 1.29 is 24.2 Å². The number of carbonyl (C=O) groups excluding carboxylic acids is 3. The third-order valence-electron chi connectivity index (χ3n) is 6.26. The zero-order chi connectivity index (χ0) is 26.6. The summed E-state index contributed by atoms with van der Waals surface area (Å²) >= 11 is 0. The number of benzene rings is 2. The SMILES string of the molecule is Cc1cc(CC(NC(=O)OC(C)(C)C)C(=O)N[C@H](C)C(=O)N2CCc3ccccc3C2)c(C)cc1O. The van der Waals surface area contributed by atoms with Crippen LogP contribution < -0.4 is 10.6 Å². The number of fused-ring (bicyclic) bond motifs is 1. The summed E-state index contributed by atoms with van der Waals surface area (Å²) in [6.45, 7) is 11.6. The van der Waals surface area contributed by atoms with Gasteiger partial charge in [0.2, 0.25) is 11.8 Å². The third-order valence-corrected chi connectivity index (χ3v) is 6.26. The highest BCUT2D eigenvalue weighted by Crippen LogP contribution is 2.23. The van der Waals surface area contributed by atoms with Crippen LogP contribution in [0.3, 0.4) is 0 Å². The molecule has 8 heteroatoms. The van der Waals surface area contributed by atoms with Crippen molar-refractivity contribution in [1.29, 1.82) is 0 Å². The Kier molecular flexibility index (Phi) is 8.28. The van der Waals surface area contributed by atoms with Crippen LogP contribution in [-0.4, -0.2) is 52.1 Å². The number of rotatable bonds is 6. The van der Waals surface area contributed by atoms with Gasteiger partial charge in [0, 0.05) is 19.5 Å². The summed E-state index contributed by atoms with van der Waals surface area (Å²) in [5, 5.41) is 15.4. The van der Waals surface area contributed by atoms with Crippen LogP contribution in [0.15, 0.2) is 36.4 Å². The maximum Gasteiger partial charge on any atom is 0.408 e. The lowest BCUT2D eigenvalue weighted by Gasteiger charge is -2.31. The van der Waals surface area contributed by atoms with Crippen molar-refractivity contribution >= 4 is 17.9 Å². The molecule has 1 aliphatic rings. The molecule has 1 aliphatic heterocycles. The number of alkyl carbamates (subject to hydrolysis) is 1. The number of phenolic OH excluding ortho intramolecular Hbond substituents is 1. The number of hydrogen-bond donors (Lipinski definition) is 3. The highest BCUT2D eigenvalue weighted by atomic mass is 16.6. The summed E-state index contributed by atoms with van der Waals surface area (Å²) in [7, 11) is 0. The molecule has 3 rings (SSSR count). The minimum absolute atomic E-state index is 0.166. The molecule has 194 valence electrons. The van der Waals surface area contributed by atoms with Gasteiger partial charge in [-0.2, -0.15) is 0 Å². The first-order valence-electron chi connectivity index (χ1n) is 12.3. The van der Waals surface area contributed by atoms with Crippen molar-refractivity contribution in [1.82, 2.24) is 15.5 Å². The van der Waals surface area contributed by atoms with Crippen LogP contribution in [0.2, 0.25) is 0 Å². The monoisotopic (exact) mass is 495 g/mol. The van der Waals surface area contributed by atoms with E-state index in [2.05, 4.69) is 16.7 Å². The Morgan fingerprint density at radius 1 is 1.06 bits per heavy atom. The summed E-state index contributed by atoms with van der Waals surface area (Å²) in [4.78, 5) is 40.7. The van der Waals surface area contributed by atoms with Crippen LogP contribution in [0.4, 0.5) is 4.79 Å². The fraction of sp³-hybridized carbons (Fsp3) is 0.464. The molecule has 0 saturated heterocycles. The molecule has 0 bridgehead atoms. The standard InChI is InChI=1S/C28H37N3O5/c1-17-14-24(32)18(2)13-22(17)15-23(30-27(35)36-28(4,5)6)25(33)29-19(3)26(34)31-12-11-20-9-7-8-10-21(20)16-31/h7-10,13-14,19,23,32H,11-12,15-16H2,1-6H3,(H,29,33)(H,30,35)/t19-,23?/m1/s1. The van der Waals surface area contributed by atoms with E-state index in [1.165, 1.54) is 5.56 Å². The normalized spacial score (nSPS) is 14.9. The van der Waals surface area contributed by atoms with E-state index in [-0.39, 0.29) is 18.1 Å². The molecule has 0 spiro atoms. The topological polar surface area (TPSA) is 108 Å². The molecule has 2 atom stereocenters. The van der Waals surface area contributed by atoms with Crippen LogP contribution in [0.1, 0.15) is 55.5 Å². The summed E-state index contributed by atoms with van der Waals surface area (Å²) in [5.41, 5.74) is 3.87. The van der Waals surface area contributed by atoms with Gasteiger partial charge in [0.15, 0.2) is 0 Å². The van der Waals surface area contributed by atoms with E-state index >= 15 is 0 Å². The van der Waals surface area contributed by atoms with Crippen molar-refractivity contribution in [2.45, 2.75) is 78.6 Å². The molecule has 3 amide bonds. The summed E-state index contributed by atoms with van der Waals surface area (Å²) in [6, 6.07) is 9.72. The zero-order valence-electron chi connectivity index (χ0n) is 22.0. The number of aromatic hydroxyl groups is 1. The van der Waals surface area contributed by atoms with Gasteiger partial charge in [-0.05, 0) is 81.8 Å². The molecule has 0 aromatic heterocycles. The molecular formula is C28H37N3O5. The first-order chi connectivity index (χ1) is 16.8. The second-order valence-electron chi connectivity index (χ2n) is 10.5. The van der Waals surface area contributed by atoms with Gasteiger partial charge in [-0.1, -0.05) is 30.3 Å². The quantitative estimate of drug-likeness (QED) is 0.568. The number of nitrogens with one attached hydrogen (secondary N) is 2. The summed E-state index contributed by atoms with van der Waals surface area (Å²) < 4.78 is 5.36. The van der Waals surface area contributed by atoms with Crippen LogP contribution in [0.25, 0.3) is 0 Å². The lowest BCUT2D eigenvalue weighted by atomic mass is 9.97. The Bertz CT molecular complexity index is 1140. The molecule has 3 N–H and O–H groups in total. The summed E-state index contributed by atoms with van der Waals surface area (Å²) in [6.07, 6.45) is 0.225. The van der Waals surface area contributed by atoms with Crippen molar-refractivity contribution in [2.75, 3.05) is 6.54 Å². The number of carbonyl (C=O) groups is 3. The fourth-order valence-electron chi connectivity index (χ4n) is 4.29. The van der Waals surface area contributed by atoms with Crippen LogP contribution in [0, 0.1) is 13.8 Å². The smallest absolute Gasteiger partial charge is 0.408 e. The highest BCUT2D eigenvalue weighted by Gasteiger charge is 2.30. The molecule has 0 aliphatic carbocycles. The van der Waals surface area contributed by atoms with Crippen LogP contribution >= 0.6 is 0 Å². The Hall–Kier alpha value is -3.55. The van der Waals surface area contributed by atoms with Gasteiger partial charge in [0.05, 0.1) is 0 Å². The van der Waals surface area contributed by atoms with E-state index in [0.717, 1.165) is 23.1 Å². The minimum atomic E-state index is -0.972. The predicted molar refractivity (Wildman–Crippen MR) is 138 cm³/mol. The number of amides is 3. The van der Waals surface area contributed by atoms with Crippen molar-refractivity contribution in [2.24, 2.45) is 0 Å². The lowest BCUT2D eigenvalue weighted by Crippen LogP contribution is -2.55. The minimum Gasteiger partial charge on any atom is -0.508 e. The van der Waals surface area contributed by atoms with Gasteiger partial charge in [-0.25, -0.2) is 4.79 Å². The predicted octanol–water partition coefficient (Wildman–Crippen LogP) is 3.53. The van der Waals surface area contributed by atoms with E-state index in [1.807, 2.05) is 25.1 Å². The molecule has 1 unspecified atom stereocenters.